The normalized spacial score (nSPS) is 22.4. The summed E-state index contributed by atoms with van der Waals surface area (Å²) in [5, 5.41) is 2.82. The number of esters is 1. The highest BCUT2D eigenvalue weighted by Crippen LogP contribution is 2.19. The monoisotopic (exact) mass is 228 g/mol. The second-order valence-corrected chi connectivity index (χ2v) is 4.69. The molecule has 1 amide bonds. The average Bonchev–Trinajstić information content (AvgIpc) is 2.24. The van der Waals surface area contributed by atoms with Crippen LogP contribution in [0.1, 0.15) is 20.8 Å². The summed E-state index contributed by atoms with van der Waals surface area (Å²) in [4.78, 5) is 25.0. The Labute approximate surface area is 96.1 Å². The molecule has 1 saturated heterocycles. The van der Waals surface area contributed by atoms with E-state index in [0.717, 1.165) is 6.54 Å². The largest absolute Gasteiger partial charge is 0.469 e. The summed E-state index contributed by atoms with van der Waals surface area (Å²) >= 11 is 0. The minimum absolute atomic E-state index is 0.0100. The molecule has 5 nitrogen and oxygen atoms in total. The standard InChI is InChI=1S/C11H20N2O3/c1-8(9(14)16-4)7-13-6-5-12-10(15)11(13,2)3/h8H,5-7H2,1-4H3,(H,12,15). The van der Waals surface area contributed by atoms with Gasteiger partial charge in [0, 0.05) is 19.6 Å². The lowest BCUT2D eigenvalue weighted by atomic mass is 9.97. The van der Waals surface area contributed by atoms with Gasteiger partial charge in [-0.15, -0.1) is 0 Å². The number of carbonyl (C=O) groups excluding carboxylic acids is 2. The summed E-state index contributed by atoms with van der Waals surface area (Å²) in [6.07, 6.45) is 0. The van der Waals surface area contributed by atoms with Crippen molar-refractivity contribution in [3.8, 4) is 0 Å². The van der Waals surface area contributed by atoms with E-state index in [1.165, 1.54) is 7.11 Å². The fraction of sp³-hybridized carbons (Fsp3) is 0.818. The molecule has 1 N–H and O–H groups in total. The molecule has 1 aliphatic rings. The highest BCUT2D eigenvalue weighted by atomic mass is 16.5. The van der Waals surface area contributed by atoms with Crippen LogP contribution in [0.4, 0.5) is 0 Å². The zero-order valence-electron chi connectivity index (χ0n) is 10.4. The number of hydrogen-bond donors (Lipinski definition) is 1. The summed E-state index contributed by atoms with van der Waals surface area (Å²) in [6.45, 7) is 7.49. The van der Waals surface area contributed by atoms with E-state index < -0.39 is 5.54 Å². The Morgan fingerprint density at radius 3 is 2.81 bits per heavy atom. The molecule has 1 aliphatic heterocycles. The molecular weight excluding hydrogens is 208 g/mol. The molecule has 1 fully saturated rings. The highest BCUT2D eigenvalue weighted by molar-refractivity contribution is 5.86. The van der Waals surface area contributed by atoms with Gasteiger partial charge in [-0.05, 0) is 13.8 Å². The van der Waals surface area contributed by atoms with E-state index in [2.05, 4.69) is 10.1 Å². The van der Waals surface area contributed by atoms with Crippen molar-refractivity contribution in [1.29, 1.82) is 0 Å². The van der Waals surface area contributed by atoms with Gasteiger partial charge in [-0.3, -0.25) is 14.5 Å². The Morgan fingerprint density at radius 2 is 2.25 bits per heavy atom. The molecule has 1 unspecified atom stereocenters. The third kappa shape index (κ3) is 2.52. The van der Waals surface area contributed by atoms with Crippen LogP contribution >= 0.6 is 0 Å². The van der Waals surface area contributed by atoms with Gasteiger partial charge >= 0.3 is 5.97 Å². The number of nitrogens with zero attached hydrogens (tertiary/aromatic N) is 1. The van der Waals surface area contributed by atoms with Gasteiger partial charge in [0.2, 0.25) is 5.91 Å². The zero-order chi connectivity index (χ0) is 12.3. The molecule has 0 aromatic heterocycles. The lowest BCUT2D eigenvalue weighted by Crippen LogP contribution is -2.62. The second-order valence-electron chi connectivity index (χ2n) is 4.69. The molecule has 0 spiro atoms. The van der Waals surface area contributed by atoms with Gasteiger partial charge in [-0.1, -0.05) is 6.92 Å². The maximum Gasteiger partial charge on any atom is 0.309 e. The predicted molar refractivity (Wildman–Crippen MR) is 59.8 cm³/mol. The summed E-state index contributed by atoms with van der Waals surface area (Å²) in [5.74, 6) is -0.437. The molecular formula is C11H20N2O3. The molecule has 0 bridgehead atoms. The van der Waals surface area contributed by atoms with Crippen LogP contribution < -0.4 is 5.32 Å². The Hall–Kier alpha value is -1.10. The highest BCUT2D eigenvalue weighted by Gasteiger charge is 2.38. The predicted octanol–water partition coefficient (Wildman–Crippen LogP) is 0.00590. The quantitative estimate of drug-likeness (QED) is 0.691. The lowest BCUT2D eigenvalue weighted by molar-refractivity contribution is -0.148. The Bertz CT molecular complexity index is 289. The average molecular weight is 228 g/mol. The van der Waals surface area contributed by atoms with E-state index in [1.54, 1.807) is 0 Å². The molecule has 5 heteroatoms. The number of piperazine rings is 1. The van der Waals surface area contributed by atoms with E-state index in [0.29, 0.717) is 13.1 Å². The molecule has 1 atom stereocenters. The van der Waals surface area contributed by atoms with Crippen LogP contribution in [0.5, 0.6) is 0 Å². The van der Waals surface area contributed by atoms with E-state index in [4.69, 9.17) is 0 Å². The van der Waals surface area contributed by atoms with Gasteiger partial charge < -0.3 is 10.1 Å². The maximum atomic E-state index is 11.7. The SMILES string of the molecule is COC(=O)C(C)CN1CCNC(=O)C1(C)C. The van der Waals surface area contributed by atoms with E-state index in [1.807, 2.05) is 25.7 Å². The summed E-state index contributed by atoms with van der Waals surface area (Å²) < 4.78 is 4.68. The van der Waals surface area contributed by atoms with Gasteiger partial charge in [-0.2, -0.15) is 0 Å². The molecule has 0 aliphatic carbocycles. The van der Waals surface area contributed by atoms with Crippen LogP contribution in [-0.2, 0) is 14.3 Å². The minimum atomic E-state index is -0.555. The van der Waals surface area contributed by atoms with Gasteiger partial charge in [0.15, 0.2) is 0 Å². The van der Waals surface area contributed by atoms with Crippen molar-refractivity contribution in [3.05, 3.63) is 0 Å². The molecule has 0 radical (unpaired) electrons. The van der Waals surface area contributed by atoms with Crippen molar-refractivity contribution in [2.24, 2.45) is 5.92 Å². The van der Waals surface area contributed by atoms with Gasteiger partial charge in [-0.25, -0.2) is 0 Å². The van der Waals surface area contributed by atoms with Crippen LogP contribution in [0.15, 0.2) is 0 Å². The van der Waals surface area contributed by atoms with Gasteiger partial charge in [0.25, 0.3) is 0 Å². The molecule has 0 aromatic rings. The first-order chi connectivity index (χ1) is 7.39. The van der Waals surface area contributed by atoms with Crippen molar-refractivity contribution in [3.63, 3.8) is 0 Å². The third-order valence-corrected chi connectivity index (χ3v) is 3.11. The number of carbonyl (C=O) groups is 2. The fourth-order valence-electron chi connectivity index (χ4n) is 1.87. The first kappa shape index (κ1) is 13.0. The zero-order valence-corrected chi connectivity index (χ0v) is 10.4. The van der Waals surface area contributed by atoms with E-state index >= 15 is 0 Å². The number of hydrogen-bond acceptors (Lipinski definition) is 4. The second kappa shape index (κ2) is 4.82. The van der Waals surface area contributed by atoms with Crippen molar-refractivity contribution >= 4 is 11.9 Å². The molecule has 16 heavy (non-hydrogen) atoms. The number of nitrogens with one attached hydrogen (secondary N) is 1. The Kier molecular flexibility index (Phi) is 3.91. The minimum Gasteiger partial charge on any atom is -0.469 e. The van der Waals surface area contributed by atoms with Crippen LogP contribution in [0, 0.1) is 5.92 Å². The van der Waals surface area contributed by atoms with Gasteiger partial charge in [0.1, 0.15) is 0 Å². The summed E-state index contributed by atoms with van der Waals surface area (Å²) in [7, 11) is 1.38. The molecule has 0 saturated carbocycles. The lowest BCUT2D eigenvalue weighted by Gasteiger charge is -2.41. The number of rotatable bonds is 3. The third-order valence-electron chi connectivity index (χ3n) is 3.11. The van der Waals surface area contributed by atoms with Crippen LogP contribution in [0.2, 0.25) is 0 Å². The van der Waals surface area contributed by atoms with Crippen LogP contribution in [-0.4, -0.2) is 49.1 Å². The topological polar surface area (TPSA) is 58.6 Å². The smallest absolute Gasteiger partial charge is 0.309 e. The van der Waals surface area contributed by atoms with Crippen molar-refractivity contribution < 1.29 is 14.3 Å². The fourth-order valence-corrected chi connectivity index (χ4v) is 1.87. The molecule has 92 valence electrons. The first-order valence-corrected chi connectivity index (χ1v) is 5.50. The van der Waals surface area contributed by atoms with Crippen LogP contribution in [0.3, 0.4) is 0 Å². The summed E-state index contributed by atoms with van der Waals surface area (Å²) in [5.41, 5.74) is -0.555. The van der Waals surface area contributed by atoms with E-state index in [-0.39, 0.29) is 17.8 Å². The van der Waals surface area contributed by atoms with Gasteiger partial charge in [0.05, 0.1) is 18.6 Å². The molecule has 1 heterocycles. The Morgan fingerprint density at radius 1 is 1.62 bits per heavy atom. The number of ether oxygens (including phenoxy) is 1. The van der Waals surface area contributed by atoms with Crippen molar-refractivity contribution in [2.45, 2.75) is 26.3 Å². The number of amides is 1. The Balaban J connectivity index is 2.65. The first-order valence-electron chi connectivity index (χ1n) is 5.50. The van der Waals surface area contributed by atoms with Crippen molar-refractivity contribution in [2.75, 3.05) is 26.7 Å². The summed E-state index contributed by atoms with van der Waals surface area (Å²) in [6, 6.07) is 0. The van der Waals surface area contributed by atoms with E-state index in [9.17, 15) is 9.59 Å². The molecule has 0 aromatic carbocycles. The number of methoxy groups -OCH3 is 1. The molecule has 1 rings (SSSR count). The van der Waals surface area contributed by atoms with Crippen molar-refractivity contribution in [1.82, 2.24) is 10.2 Å². The maximum absolute atomic E-state index is 11.7. The van der Waals surface area contributed by atoms with Crippen LogP contribution in [0.25, 0.3) is 0 Å².